The summed E-state index contributed by atoms with van der Waals surface area (Å²) in [6, 6.07) is 0. The molecule has 0 saturated carbocycles. The minimum atomic E-state index is -3.87. The Labute approximate surface area is 189 Å². The van der Waals surface area contributed by atoms with E-state index < -0.39 is 26.8 Å². The zero-order chi connectivity index (χ0) is 24.3. The van der Waals surface area contributed by atoms with Crippen LogP contribution in [0.3, 0.4) is 0 Å². The average molecular weight is 477 g/mol. The number of sulfonamides is 1. The SMILES string of the molecule is CCOCCOCCNC(=O)CCCS(=O)(=O)NC(=O)C(C)(C)CC(C)(C)c1nnn[nH]1. The highest BCUT2D eigenvalue weighted by Crippen LogP contribution is 2.35. The van der Waals surface area contributed by atoms with Gasteiger partial charge in [0.05, 0.1) is 25.6 Å². The molecule has 0 radical (unpaired) electrons. The van der Waals surface area contributed by atoms with Crippen molar-refractivity contribution in [3.8, 4) is 0 Å². The summed E-state index contributed by atoms with van der Waals surface area (Å²) in [7, 11) is -3.87. The van der Waals surface area contributed by atoms with E-state index in [1.54, 1.807) is 13.8 Å². The van der Waals surface area contributed by atoms with Gasteiger partial charge in [0, 0.05) is 30.4 Å². The molecular weight excluding hydrogens is 440 g/mol. The first-order chi connectivity index (χ1) is 14.9. The van der Waals surface area contributed by atoms with Crippen LogP contribution in [0.2, 0.25) is 0 Å². The first kappa shape index (κ1) is 27.9. The van der Waals surface area contributed by atoms with E-state index in [1.165, 1.54) is 0 Å². The molecule has 0 spiro atoms. The van der Waals surface area contributed by atoms with E-state index in [9.17, 15) is 18.0 Å². The fourth-order valence-corrected chi connectivity index (χ4v) is 4.37. The summed E-state index contributed by atoms with van der Waals surface area (Å²) in [6.07, 6.45) is 0.436. The number of tetrazole rings is 1. The Morgan fingerprint density at radius 3 is 2.41 bits per heavy atom. The lowest BCUT2D eigenvalue weighted by atomic mass is 9.74. The Morgan fingerprint density at radius 2 is 1.78 bits per heavy atom. The van der Waals surface area contributed by atoms with Gasteiger partial charge in [0.15, 0.2) is 5.82 Å². The zero-order valence-electron chi connectivity index (χ0n) is 19.6. The largest absolute Gasteiger partial charge is 0.379 e. The van der Waals surface area contributed by atoms with Gasteiger partial charge in [0.1, 0.15) is 0 Å². The van der Waals surface area contributed by atoms with Crippen molar-refractivity contribution in [2.75, 3.05) is 38.7 Å². The van der Waals surface area contributed by atoms with Crippen molar-refractivity contribution < 1.29 is 27.5 Å². The van der Waals surface area contributed by atoms with Gasteiger partial charge in [-0.05, 0) is 30.2 Å². The van der Waals surface area contributed by atoms with E-state index in [0.29, 0.717) is 45.2 Å². The normalized spacial score (nSPS) is 12.5. The van der Waals surface area contributed by atoms with Crippen LogP contribution in [0.25, 0.3) is 0 Å². The molecule has 1 aromatic rings. The predicted octanol–water partition coefficient (Wildman–Crippen LogP) is 0.289. The van der Waals surface area contributed by atoms with Crippen molar-refractivity contribution in [3.63, 3.8) is 0 Å². The third kappa shape index (κ3) is 10.5. The second-order valence-electron chi connectivity index (χ2n) is 8.71. The summed E-state index contributed by atoms with van der Waals surface area (Å²) >= 11 is 0. The number of carbonyl (C=O) groups is 2. The van der Waals surface area contributed by atoms with Gasteiger partial charge in [-0.2, -0.15) is 0 Å². The summed E-state index contributed by atoms with van der Waals surface area (Å²) in [5.74, 6) is -0.719. The maximum Gasteiger partial charge on any atom is 0.239 e. The smallest absolute Gasteiger partial charge is 0.239 e. The van der Waals surface area contributed by atoms with Gasteiger partial charge >= 0.3 is 0 Å². The highest BCUT2D eigenvalue weighted by atomic mass is 32.2. The summed E-state index contributed by atoms with van der Waals surface area (Å²) in [6.45, 7) is 11.2. The molecule has 32 heavy (non-hydrogen) atoms. The van der Waals surface area contributed by atoms with Crippen molar-refractivity contribution >= 4 is 21.8 Å². The maximum atomic E-state index is 12.6. The molecular formula is C19H36N6O6S. The Balaban J connectivity index is 2.37. The van der Waals surface area contributed by atoms with E-state index in [1.807, 2.05) is 20.8 Å². The molecule has 0 aliphatic heterocycles. The van der Waals surface area contributed by atoms with E-state index >= 15 is 0 Å². The number of H-pyrrole nitrogens is 1. The molecule has 184 valence electrons. The minimum Gasteiger partial charge on any atom is -0.379 e. The Bertz CT molecular complexity index is 810. The second kappa shape index (κ2) is 12.8. The lowest BCUT2D eigenvalue weighted by Gasteiger charge is -2.31. The third-order valence-electron chi connectivity index (χ3n) is 4.69. The molecule has 1 heterocycles. The summed E-state index contributed by atoms with van der Waals surface area (Å²) in [5, 5.41) is 16.3. The van der Waals surface area contributed by atoms with Crippen LogP contribution in [-0.2, 0) is 34.5 Å². The highest BCUT2D eigenvalue weighted by Gasteiger charge is 2.38. The molecule has 1 aromatic heterocycles. The van der Waals surface area contributed by atoms with E-state index in [4.69, 9.17) is 9.47 Å². The number of amides is 2. The quantitative estimate of drug-likeness (QED) is 0.284. The van der Waals surface area contributed by atoms with Crippen LogP contribution < -0.4 is 10.0 Å². The number of carbonyl (C=O) groups excluding carboxylic acids is 2. The van der Waals surface area contributed by atoms with Gasteiger partial charge in [0.2, 0.25) is 21.8 Å². The summed E-state index contributed by atoms with van der Waals surface area (Å²) < 4.78 is 37.2. The number of aromatic amines is 1. The first-order valence-corrected chi connectivity index (χ1v) is 12.3. The van der Waals surface area contributed by atoms with Crippen molar-refractivity contribution in [1.29, 1.82) is 0 Å². The Kier molecular flexibility index (Phi) is 11.2. The number of nitrogens with zero attached hydrogens (tertiary/aromatic N) is 3. The molecule has 0 unspecified atom stereocenters. The number of aromatic nitrogens is 4. The molecule has 2 amide bonds. The first-order valence-electron chi connectivity index (χ1n) is 10.6. The molecule has 3 N–H and O–H groups in total. The molecule has 1 rings (SSSR count). The second-order valence-corrected chi connectivity index (χ2v) is 10.5. The molecule has 0 fully saturated rings. The van der Waals surface area contributed by atoms with Crippen LogP contribution in [0.4, 0.5) is 0 Å². The van der Waals surface area contributed by atoms with Crippen molar-refractivity contribution in [2.45, 2.75) is 59.3 Å². The maximum absolute atomic E-state index is 12.6. The van der Waals surface area contributed by atoms with Crippen LogP contribution in [-0.4, -0.2) is 79.6 Å². The molecule has 0 saturated heterocycles. The average Bonchev–Trinajstić information content (AvgIpc) is 3.22. The number of hydrogen-bond donors (Lipinski definition) is 3. The lowest BCUT2D eigenvalue weighted by Crippen LogP contribution is -2.44. The molecule has 12 nitrogen and oxygen atoms in total. The number of nitrogens with one attached hydrogen (secondary N) is 3. The van der Waals surface area contributed by atoms with Crippen molar-refractivity contribution in [2.24, 2.45) is 5.41 Å². The van der Waals surface area contributed by atoms with Crippen LogP contribution in [0.15, 0.2) is 0 Å². The molecule has 0 atom stereocenters. The molecule has 13 heteroatoms. The monoisotopic (exact) mass is 476 g/mol. The van der Waals surface area contributed by atoms with Gasteiger partial charge in [-0.25, -0.2) is 13.5 Å². The molecule has 0 aromatic carbocycles. The van der Waals surface area contributed by atoms with Gasteiger partial charge in [-0.15, -0.1) is 5.10 Å². The summed E-state index contributed by atoms with van der Waals surface area (Å²) in [4.78, 5) is 24.5. The van der Waals surface area contributed by atoms with Crippen molar-refractivity contribution in [3.05, 3.63) is 5.82 Å². The van der Waals surface area contributed by atoms with Crippen LogP contribution in [0.1, 0.15) is 59.7 Å². The van der Waals surface area contributed by atoms with E-state index in [-0.39, 0.29) is 24.5 Å². The fourth-order valence-electron chi connectivity index (χ4n) is 3.18. The number of hydrogen-bond acceptors (Lipinski definition) is 9. The molecule has 0 aliphatic rings. The van der Waals surface area contributed by atoms with Crippen LogP contribution in [0.5, 0.6) is 0 Å². The number of ether oxygens (including phenoxy) is 2. The van der Waals surface area contributed by atoms with Gasteiger partial charge in [-0.3, -0.25) is 14.3 Å². The van der Waals surface area contributed by atoms with E-state index in [2.05, 4.69) is 30.7 Å². The van der Waals surface area contributed by atoms with Gasteiger partial charge in [-0.1, -0.05) is 27.7 Å². The van der Waals surface area contributed by atoms with Gasteiger partial charge in [0.25, 0.3) is 0 Å². The fraction of sp³-hybridized carbons (Fsp3) is 0.842. The Morgan fingerprint density at radius 1 is 1.09 bits per heavy atom. The summed E-state index contributed by atoms with van der Waals surface area (Å²) in [5.41, 5.74) is -1.57. The zero-order valence-corrected chi connectivity index (χ0v) is 20.4. The molecule has 0 aliphatic carbocycles. The minimum absolute atomic E-state index is 0.0307. The molecule has 0 bridgehead atoms. The third-order valence-corrected chi connectivity index (χ3v) is 6.02. The van der Waals surface area contributed by atoms with Crippen LogP contribution in [0, 0.1) is 5.41 Å². The van der Waals surface area contributed by atoms with Gasteiger partial charge < -0.3 is 14.8 Å². The predicted molar refractivity (Wildman–Crippen MR) is 117 cm³/mol. The standard InChI is InChI=1S/C19H36N6O6S/c1-6-30-11-12-31-10-9-20-15(26)8-7-13-32(28,29)23-17(27)19(4,5)14-18(2,3)16-21-24-25-22-16/h6-14H2,1-5H3,(H,20,26)(H,23,27)(H,21,22,24,25). The topological polar surface area (TPSA) is 165 Å². The van der Waals surface area contributed by atoms with E-state index in [0.717, 1.165) is 0 Å². The Hall–Kier alpha value is -2.12. The van der Waals surface area contributed by atoms with Crippen molar-refractivity contribution in [1.82, 2.24) is 30.7 Å². The lowest BCUT2D eigenvalue weighted by molar-refractivity contribution is -0.128. The highest BCUT2D eigenvalue weighted by molar-refractivity contribution is 7.90. The van der Waals surface area contributed by atoms with Crippen LogP contribution >= 0.6 is 0 Å². The number of rotatable bonds is 16.